The highest BCUT2D eigenvalue weighted by atomic mass is 32.2. The lowest BCUT2D eigenvalue weighted by molar-refractivity contribution is 0.159. The second-order valence-electron chi connectivity index (χ2n) is 5.91. The molecule has 30 heavy (non-hydrogen) atoms. The molecule has 3 rings (SSSR count). The van der Waals surface area contributed by atoms with E-state index in [2.05, 4.69) is 0 Å². The van der Waals surface area contributed by atoms with E-state index in [-0.39, 0.29) is 0 Å². The summed E-state index contributed by atoms with van der Waals surface area (Å²) in [7, 11) is -10.2. The Kier molecular flexibility index (Phi) is 8.57. The van der Waals surface area contributed by atoms with Gasteiger partial charge < -0.3 is 21.7 Å². The van der Waals surface area contributed by atoms with E-state index in [1.807, 2.05) is 60.7 Å². The maximum atomic E-state index is 10.8. The molecule has 10 nitrogen and oxygen atoms in total. The van der Waals surface area contributed by atoms with Crippen molar-refractivity contribution in [1.82, 2.24) is 0 Å². The molecular weight excluding hydrogens is 436 g/mol. The second kappa shape index (κ2) is 10.2. The molecule has 8 N–H and O–H groups in total. The van der Waals surface area contributed by atoms with Crippen LogP contribution in [0.5, 0.6) is 0 Å². The Balaban J connectivity index is 0.000000263. The van der Waals surface area contributed by atoms with Crippen molar-refractivity contribution in [2.75, 3.05) is 11.5 Å². The molecule has 0 heterocycles. The predicted molar refractivity (Wildman–Crippen MR) is 113 cm³/mol. The Labute approximate surface area is 174 Å². The number of hydrogen-bond donors (Lipinski definition) is 6. The molecule has 0 aliphatic heterocycles. The molecule has 2 aromatic carbocycles. The van der Waals surface area contributed by atoms with Crippen molar-refractivity contribution in [2.45, 2.75) is 10.2 Å². The molecule has 0 radical (unpaired) electrons. The van der Waals surface area contributed by atoms with Crippen molar-refractivity contribution >= 4 is 31.6 Å². The first-order chi connectivity index (χ1) is 13.8. The number of aliphatic hydroxyl groups excluding tert-OH is 1. The zero-order valence-corrected chi connectivity index (χ0v) is 17.1. The van der Waals surface area contributed by atoms with Gasteiger partial charge in [-0.3, -0.25) is 9.11 Å². The second-order valence-corrected chi connectivity index (χ2v) is 9.05. The van der Waals surface area contributed by atoms with E-state index < -0.39 is 36.2 Å². The highest BCUT2D eigenvalue weighted by Gasteiger charge is 2.53. The number of aliphatic hydroxyl groups is 2. The first-order valence-electron chi connectivity index (χ1n) is 8.14. The quantitative estimate of drug-likeness (QED) is 0.282. The number of anilines is 2. The molecule has 0 fully saturated rings. The van der Waals surface area contributed by atoms with Gasteiger partial charge in [0.15, 0.2) is 5.25 Å². The number of hydrogen-bond acceptors (Lipinski definition) is 8. The average Bonchev–Trinajstić information content (AvgIpc) is 2.64. The van der Waals surface area contributed by atoms with Gasteiger partial charge in [-0.2, -0.15) is 16.8 Å². The van der Waals surface area contributed by atoms with Gasteiger partial charge in [-0.25, -0.2) is 0 Å². The monoisotopic (exact) mass is 458 g/mol. The fourth-order valence-electron chi connectivity index (χ4n) is 2.07. The third kappa shape index (κ3) is 7.50. The maximum absolute atomic E-state index is 10.8. The van der Waals surface area contributed by atoms with Crippen LogP contribution in [0, 0.1) is 0 Å². The summed E-state index contributed by atoms with van der Waals surface area (Å²) in [6, 6.07) is 19.0. The van der Waals surface area contributed by atoms with Gasteiger partial charge in [0.25, 0.3) is 10.1 Å². The van der Waals surface area contributed by atoms with Crippen LogP contribution in [0.2, 0.25) is 0 Å². The molecule has 0 spiro atoms. The van der Waals surface area contributed by atoms with Crippen molar-refractivity contribution in [3.8, 4) is 0 Å². The van der Waals surface area contributed by atoms with Crippen molar-refractivity contribution in [2.24, 2.45) is 0 Å². The summed E-state index contributed by atoms with van der Waals surface area (Å²) < 4.78 is 60.7. The van der Waals surface area contributed by atoms with Crippen molar-refractivity contribution in [3.05, 3.63) is 84.7 Å². The molecule has 0 saturated carbocycles. The van der Waals surface area contributed by atoms with Gasteiger partial charge in [-0.1, -0.05) is 36.4 Å². The normalized spacial score (nSPS) is 20.6. The summed E-state index contributed by atoms with van der Waals surface area (Å²) in [4.78, 5) is -3.23. The van der Waals surface area contributed by atoms with E-state index in [0.717, 1.165) is 11.4 Å². The minimum atomic E-state index is -5.21. The fraction of sp³-hybridized carbons (Fsp3) is 0.111. The summed E-state index contributed by atoms with van der Waals surface area (Å²) >= 11 is 0. The molecule has 1 aliphatic rings. The van der Waals surface area contributed by atoms with Crippen LogP contribution in [-0.4, -0.2) is 46.3 Å². The molecular formula is C18H22N2O8S2. The van der Waals surface area contributed by atoms with Crippen LogP contribution in [0.15, 0.2) is 84.7 Å². The first kappa shape index (κ1) is 25.1. The lowest BCUT2D eigenvalue weighted by Crippen LogP contribution is -2.51. The van der Waals surface area contributed by atoms with Gasteiger partial charge in [-0.15, -0.1) is 0 Å². The van der Waals surface area contributed by atoms with E-state index in [1.54, 1.807) is 0 Å². The summed E-state index contributed by atoms with van der Waals surface area (Å²) in [6.45, 7) is 0. The van der Waals surface area contributed by atoms with Gasteiger partial charge >= 0.3 is 10.1 Å². The maximum Gasteiger partial charge on any atom is 0.300 e. The van der Waals surface area contributed by atoms with Gasteiger partial charge in [0, 0.05) is 11.4 Å². The number of rotatable bonds is 2. The summed E-state index contributed by atoms with van der Waals surface area (Å²) in [5.41, 5.74) is 12.4. The molecule has 0 bridgehead atoms. The zero-order valence-electron chi connectivity index (χ0n) is 15.5. The number of nitrogens with two attached hydrogens (primary N) is 2. The van der Waals surface area contributed by atoms with Gasteiger partial charge in [0.05, 0.1) is 0 Å². The van der Waals surface area contributed by atoms with Crippen molar-refractivity contribution in [1.29, 1.82) is 0 Å². The summed E-state index contributed by atoms with van der Waals surface area (Å²) in [5, 5.41) is 16.1. The lowest BCUT2D eigenvalue weighted by Gasteiger charge is -2.28. The molecule has 0 aromatic heterocycles. The van der Waals surface area contributed by atoms with Crippen LogP contribution >= 0.6 is 0 Å². The molecule has 2 unspecified atom stereocenters. The van der Waals surface area contributed by atoms with Crippen LogP contribution < -0.4 is 11.5 Å². The van der Waals surface area contributed by atoms with E-state index >= 15 is 0 Å². The van der Waals surface area contributed by atoms with Gasteiger partial charge in [-0.05, 0) is 42.5 Å². The fourth-order valence-corrected chi connectivity index (χ4v) is 4.22. The van der Waals surface area contributed by atoms with Gasteiger partial charge in [0.2, 0.25) is 4.93 Å². The standard InChI is InChI=1S/2C6H7N.C6H8O8S2/c2*7-6-4-2-1-3-5-6;7-4-1-2-6(8,16(12,13)14)5(3-4)15(9,10)11/h2*1-5H,7H2;1-3,5,7-8H,(H,9,10,11)(H,12,13,14). The highest BCUT2D eigenvalue weighted by Crippen LogP contribution is 2.30. The number of nitrogen functional groups attached to an aromatic ring is 2. The van der Waals surface area contributed by atoms with Gasteiger partial charge in [0.1, 0.15) is 5.76 Å². The largest absolute Gasteiger partial charge is 0.508 e. The smallest absolute Gasteiger partial charge is 0.300 e. The number of allylic oxidation sites excluding steroid dienone is 1. The molecule has 0 saturated heterocycles. The molecule has 0 amide bonds. The molecule has 2 aromatic rings. The summed E-state index contributed by atoms with van der Waals surface area (Å²) in [6.07, 6.45) is 1.43. The Morgan fingerprint density at radius 3 is 1.47 bits per heavy atom. The molecule has 12 heteroatoms. The molecule has 2 atom stereocenters. The van der Waals surface area contributed by atoms with Crippen molar-refractivity contribution < 1.29 is 36.2 Å². The van der Waals surface area contributed by atoms with Crippen LogP contribution in [0.4, 0.5) is 11.4 Å². The minimum absolute atomic E-state index is 0.357. The minimum Gasteiger partial charge on any atom is -0.508 e. The van der Waals surface area contributed by atoms with Crippen molar-refractivity contribution in [3.63, 3.8) is 0 Å². The Bertz CT molecular complexity index is 1050. The van der Waals surface area contributed by atoms with E-state index in [0.29, 0.717) is 18.2 Å². The zero-order chi connectivity index (χ0) is 23.0. The predicted octanol–water partition coefficient (Wildman–Crippen LogP) is 1.37. The number of benzene rings is 2. The molecule has 164 valence electrons. The van der Waals surface area contributed by atoms with Crippen LogP contribution in [-0.2, 0) is 20.2 Å². The first-order valence-corrected chi connectivity index (χ1v) is 11.1. The van der Waals surface area contributed by atoms with Crippen LogP contribution in [0.25, 0.3) is 0 Å². The molecule has 1 aliphatic carbocycles. The summed E-state index contributed by atoms with van der Waals surface area (Å²) in [5.74, 6) is -0.670. The average molecular weight is 459 g/mol. The highest BCUT2D eigenvalue weighted by molar-refractivity contribution is 7.91. The van der Waals surface area contributed by atoms with E-state index in [1.165, 1.54) is 0 Å². The van der Waals surface area contributed by atoms with Crippen LogP contribution in [0.3, 0.4) is 0 Å². The Morgan fingerprint density at radius 1 is 0.800 bits per heavy atom. The van der Waals surface area contributed by atoms with E-state index in [4.69, 9.17) is 25.7 Å². The topological polar surface area (TPSA) is 201 Å². The third-order valence-electron chi connectivity index (χ3n) is 3.56. The Morgan fingerprint density at radius 2 is 1.20 bits per heavy atom. The SMILES string of the molecule is Nc1ccccc1.Nc1ccccc1.O=S(=O)(O)C1C=C(O)C=CC1(O)S(=O)(=O)O. The number of para-hydroxylation sites is 2. The third-order valence-corrected chi connectivity index (χ3v) is 6.06. The van der Waals surface area contributed by atoms with E-state index in [9.17, 15) is 21.9 Å². The Hall–Kier alpha value is -2.90. The van der Waals surface area contributed by atoms with Crippen LogP contribution in [0.1, 0.15) is 0 Å². The lowest BCUT2D eigenvalue weighted by atomic mass is 10.1.